The average Bonchev–Trinajstić information content (AvgIpc) is 2.29. The summed E-state index contributed by atoms with van der Waals surface area (Å²) in [5, 5.41) is 0. The minimum Gasteiger partial charge on any atom is -0.224 e. The summed E-state index contributed by atoms with van der Waals surface area (Å²) in [5.41, 5.74) is 1.68. The monoisotopic (exact) mass is 232 g/mol. The molecule has 0 saturated carbocycles. The lowest BCUT2D eigenvalue weighted by molar-refractivity contribution is 0.602. The number of benzene rings is 2. The van der Waals surface area contributed by atoms with E-state index in [-0.39, 0.29) is 0 Å². The van der Waals surface area contributed by atoms with Crippen LogP contribution in [0.3, 0.4) is 0 Å². The normalized spacial score (nSPS) is 11.3. The molecule has 0 bridgehead atoms. The molecule has 0 heterocycles. The van der Waals surface area contributed by atoms with Crippen LogP contribution in [0.15, 0.2) is 59.5 Å². The van der Waals surface area contributed by atoms with E-state index in [0.29, 0.717) is 4.90 Å². The summed E-state index contributed by atoms with van der Waals surface area (Å²) in [4.78, 5) is 0.376. The van der Waals surface area contributed by atoms with Crippen molar-refractivity contribution in [3.63, 3.8) is 0 Å². The molecule has 0 spiro atoms. The van der Waals surface area contributed by atoms with Crippen LogP contribution in [0.1, 0.15) is 0 Å². The zero-order chi connectivity index (χ0) is 11.6. The Morgan fingerprint density at radius 2 is 1.38 bits per heavy atom. The predicted molar refractivity (Wildman–Crippen MR) is 65.0 cm³/mol. The molecule has 82 valence electrons. The summed E-state index contributed by atoms with van der Waals surface area (Å²) in [5.74, 6) is 0. The summed E-state index contributed by atoms with van der Waals surface area (Å²) >= 11 is 0. The zero-order valence-electron chi connectivity index (χ0n) is 8.92. The van der Waals surface area contributed by atoms with E-state index in [9.17, 15) is 8.42 Å². The molecular weight excluding hydrogens is 220 g/mol. The molecule has 0 aliphatic rings. The van der Waals surface area contributed by atoms with Crippen LogP contribution in [0.25, 0.3) is 11.1 Å². The molecule has 0 radical (unpaired) electrons. The Morgan fingerprint density at radius 1 is 0.812 bits per heavy atom. The smallest absolute Gasteiger partial charge is 0.176 e. The van der Waals surface area contributed by atoms with Crippen molar-refractivity contribution in [3.05, 3.63) is 54.6 Å². The molecule has 3 heteroatoms. The Bertz CT molecular complexity index is 586. The van der Waals surface area contributed by atoms with Gasteiger partial charge in [0.15, 0.2) is 9.84 Å². The third-order valence-electron chi connectivity index (χ3n) is 2.37. The van der Waals surface area contributed by atoms with Crippen molar-refractivity contribution in [2.24, 2.45) is 0 Å². The molecule has 0 N–H and O–H groups in total. The molecular formula is C13H12O2S. The van der Waals surface area contributed by atoms with E-state index in [1.165, 1.54) is 6.26 Å². The van der Waals surface area contributed by atoms with E-state index in [0.717, 1.165) is 11.1 Å². The first-order valence-corrected chi connectivity index (χ1v) is 6.83. The van der Waals surface area contributed by atoms with Gasteiger partial charge in [-0.15, -0.1) is 0 Å². The second-order valence-corrected chi connectivity index (χ2v) is 5.62. The molecule has 0 fully saturated rings. The first-order chi connectivity index (χ1) is 7.59. The molecule has 16 heavy (non-hydrogen) atoms. The maximum absolute atomic E-state index is 11.6. The lowest BCUT2D eigenvalue weighted by Crippen LogP contribution is -1.99. The van der Waals surface area contributed by atoms with Gasteiger partial charge in [-0.25, -0.2) is 8.42 Å². The van der Waals surface area contributed by atoms with E-state index in [1.54, 1.807) is 12.1 Å². The summed E-state index contributed by atoms with van der Waals surface area (Å²) < 4.78 is 23.3. The fourth-order valence-corrected chi connectivity index (χ4v) is 2.56. The molecule has 0 aliphatic carbocycles. The first-order valence-electron chi connectivity index (χ1n) is 4.93. The van der Waals surface area contributed by atoms with Crippen LogP contribution in [0, 0.1) is 0 Å². The third-order valence-corrected chi connectivity index (χ3v) is 3.53. The highest BCUT2D eigenvalue weighted by Gasteiger charge is 2.12. The van der Waals surface area contributed by atoms with Crippen LogP contribution in [0.4, 0.5) is 0 Å². The molecule has 2 nitrogen and oxygen atoms in total. The second kappa shape index (κ2) is 4.10. The van der Waals surface area contributed by atoms with E-state index in [4.69, 9.17) is 0 Å². The SMILES string of the molecule is CS(=O)(=O)c1ccccc1-c1ccccc1. The van der Waals surface area contributed by atoms with Crippen LogP contribution in [0.2, 0.25) is 0 Å². The lowest BCUT2D eigenvalue weighted by Gasteiger charge is -2.07. The van der Waals surface area contributed by atoms with Crippen molar-refractivity contribution in [1.82, 2.24) is 0 Å². The van der Waals surface area contributed by atoms with Crippen molar-refractivity contribution in [1.29, 1.82) is 0 Å². The van der Waals surface area contributed by atoms with E-state index in [2.05, 4.69) is 0 Å². The van der Waals surface area contributed by atoms with Crippen molar-refractivity contribution < 1.29 is 8.42 Å². The van der Waals surface area contributed by atoms with Crippen LogP contribution >= 0.6 is 0 Å². The highest BCUT2D eigenvalue weighted by Crippen LogP contribution is 2.26. The quantitative estimate of drug-likeness (QED) is 0.797. The molecule has 2 rings (SSSR count). The maximum atomic E-state index is 11.6. The van der Waals surface area contributed by atoms with Crippen molar-refractivity contribution >= 4 is 9.84 Å². The van der Waals surface area contributed by atoms with Crippen LogP contribution in [-0.4, -0.2) is 14.7 Å². The van der Waals surface area contributed by atoms with Crippen molar-refractivity contribution in [2.75, 3.05) is 6.26 Å². The van der Waals surface area contributed by atoms with Gasteiger partial charge in [-0.2, -0.15) is 0 Å². The molecule has 0 atom stereocenters. The second-order valence-electron chi connectivity index (χ2n) is 3.63. The Labute approximate surface area is 95.5 Å². The van der Waals surface area contributed by atoms with Gasteiger partial charge < -0.3 is 0 Å². The fourth-order valence-electron chi connectivity index (χ4n) is 1.65. The zero-order valence-corrected chi connectivity index (χ0v) is 9.74. The topological polar surface area (TPSA) is 34.1 Å². The Morgan fingerprint density at radius 3 is 2.00 bits per heavy atom. The summed E-state index contributed by atoms with van der Waals surface area (Å²) in [7, 11) is -3.18. The van der Waals surface area contributed by atoms with Gasteiger partial charge in [0.25, 0.3) is 0 Å². The summed E-state index contributed by atoms with van der Waals surface area (Å²) in [6.07, 6.45) is 1.23. The predicted octanol–water partition coefficient (Wildman–Crippen LogP) is 2.76. The van der Waals surface area contributed by atoms with Gasteiger partial charge in [-0.05, 0) is 11.6 Å². The molecule has 0 saturated heterocycles. The molecule has 0 aromatic heterocycles. The first kappa shape index (κ1) is 10.9. The van der Waals surface area contributed by atoms with Gasteiger partial charge in [0.2, 0.25) is 0 Å². The Hall–Kier alpha value is -1.61. The summed E-state index contributed by atoms with van der Waals surface area (Å²) in [6, 6.07) is 16.6. The van der Waals surface area contributed by atoms with Gasteiger partial charge >= 0.3 is 0 Å². The lowest BCUT2D eigenvalue weighted by atomic mass is 10.1. The number of sulfone groups is 1. The van der Waals surface area contributed by atoms with Crippen LogP contribution < -0.4 is 0 Å². The average molecular weight is 232 g/mol. The summed E-state index contributed by atoms with van der Waals surface area (Å²) in [6.45, 7) is 0. The van der Waals surface area contributed by atoms with Crippen molar-refractivity contribution in [3.8, 4) is 11.1 Å². The molecule has 0 amide bonds. The highest BCUT2D eigenvalue weighted by atomic mass is 32.2. The molecule has 0 aliphatic heterocycles. The van der Waals surface area contributed by atoms with Crippen LogP contribution in [-0.2, 0) is 9.84 Å². The number of hydrogen-bond acceptors (Lipinski definition) is 2. The van der Waals surface area contributed by atoms with Crippen LogP contribution in [0.5, 0.6) is 0 Å². The largest absolute Gasteiger partial charge is 0.224 e. The van der Waals surface area contributed by atoms with E-state index in [1.807, 2.05) is 42.5 Å². The van der Waals surface area contributed by atoms with Gasteiger partial charge in [0.1, 0.15) is 0 Å². The molecule has 2 aromatic carbocycles. The minimum atomic E-state index is -3.18. The maximum Gasteiger partial charge on any atom is 0.176 e. The molecule has 2 aromatic rings. The van der Waals surface area contributed by atoms with Gasteiger partial charge in [-0.3, -0.25) is 0 Å². The molecule has 0 unspecified atom stereocenters. The fraction of sp³-hybridized carbons (Fsp3) is 0.0769. The van der Waals surface area contributed by atoms with E-state index < -0.39 is 9.84 Å². The number of rotatable bonds is 2. The van der Waals surface area contributed by atoms with Gasteiger partial charge in [0.05, 0.1) is 4.90 Å². The Kier molecular flexibility index (Phi) is 2.79. The highest BCUT2D eigenvalue weighted by molar-refractivity contribution is 7.90. The Balaban J connectivity index is 2.68. The van der Waals surface area contributed by atoms with Gasteiger partial charge in [-0.1, -0.05) is 48.5 Å². The standard InChI is InChI=1S/C13H12O2S/c1-16(14,15)13-10-6-5-9-12(13)11-7-3-2-4-8-11/h2-10H,1H3. The van der Waals surface area contributed by atoms with Crippen molar-refractivity contribution in [2.45, 2.75) is 4.90 Å². The van der Waals surface area contributed by atoms with Gasteiger partial charge in [0, 0.05) is 11.8 Å². The number of hydrogen-bond donors (Lipinski definition) is 0. The minimum absolute atomic E-state index is 0.376. The third kappa shape index (κ3) is 2.14. The van der Waals surface area contributed by atoms with E-state index >= 15 is 0 Å².